The zero-order chi connectivity index (χ0) is 18.7. The highest BCUT2D eigenvalue weighted by Crippen LogP contribution is 2.40. The lowest BCUT2D eigenvalue weighted by atomic mass is 9.97. The number of rotatable bonds is 6. The molecule has 26 heavy (non-hydrogen) atoms. The number of nitrogens with one attached hydrogen (secondary N) is 2. The van der Waals surface area contributed by atoms with Gasteiger partial charge in [-0.15, -0.1) is 0 Å². The van der Waals surface area contributed by atoms with Crippen molar-refractivity contribution >= 4 is 23.2 Å². The molecule has 2 aromatic carbocycles. The van der Waals surface area contributed by atoms with Gasteiger partial charge < -0.3 is 24.8 Å². The topological polar surface area (TPSA) is 85.9 Å². The number of carbonyl (C=O) groups is 2. The van der Waals surface area contributed by atoms with Crippen molar-refractivity contribution in [2.45, 2.75) is 12.3 Å². The van der Waals surface area contributed by atoms with Gasteiger partial charge in [0.05, 0.1) is 27.2 Å². The fourth-order valence-electron chi connectivity index (χ4n) is 3.03. The van der Waals surface area contributed by atoms with Crippen molar-refractivity contribution in [3.63, 3.8) is 0 Å². The van der Waals surface area contributed by atoms with Crippen LogP contribution in [0.4, 0.5) is 11.4 Å². The molecule has 7 nitrogen and oxygen atoms in total. The number of ether oxygens (including phenoxy) is 3. The van der Waals surface area contributed by atoms with E-state index >= 15 is 0 Å². The van der Waals surface area contributed by atoms with Crippen LogP contribution in [0.2, 0.25) is 0 Å². The van der Waals surface area contributed by atoms with Crippen LogP contribution >= 0.6 is 0 Å². The summed E-state index contributed by atoms with van der Waals surface area (Å²) in [5.74, 6) is 0.352. The minimum Gasteiger partial charge on any atom is -0.493 e. The third kappa shape index (κ3) is 3.28. The SMILES string of the molecule is COc1cc(NC(=O)CC2C(=O)Nc3ccccc32)cc(OC)c1OC. The molecule has 0 aromatic heterocycles. The Bertz CT molecular complexity index is 825. The molecule has 0 saturated heterocycles. The molecule has 2 aromatic rings. The van der Waals surface area contributed by atoms with Crippen LogP contribution in [-0.4, -0.2) is 33.1 Å². The van der Waals surface area contributed by atoms with Gasteiger partial charge in [-0.3, -0.25) is 9.59 Å². The minimum absolute atomic E-state index is 0.0412. The van der Waals surface area contributed by atoms with Gasteiger partial charge in [-0.05, 0) is 11.6 Å². The number of carbonyl (C=O) groups excluding carboxylic acids is 2. The highest BCUT2D eigenvalue weighted by atomic mass is 16.5. The molecule has 1 aliphatic rings. The van der Waals surface area contributed by atoms with Gasteiger partial charge in [0, 0.05) is 29.9 Å². The second-order valence-corrected chi connectivity index (χ2v) is 5.80. The number of anilines is 2. The first-order valence-corrected chi connectivity index (χ1v) is 8.07. The maximum atomic E-state index is 12.5. The largest absolute Gasteiger partial charge is 0.493 e. The third-order valence-electron chi connectivity index (χ3n) is 4.25. The number of para-hydroxylation sites is 1. The molecule has 2 amide bonds. The van der Waals surface area contributed by atoms with Crippen molar-refractivity contribution in [3.8, 4) is 17.2 Å². The molecule has 3 rings (SSSR count). The van der Waals surface area contributed by atoms with Gasteiger partial charge in [-0.25, -0.2) is 0 Å². The first-order chi connectivity index (χ1) is 12.6. The average molecular weight is 356 g/mol. The van der Waals surface area contributed by atoms with Crippen molar-refractivity contribution in [2.75, 3.05) is 32.0 Å². The van der Waals surface area contributed by atoms with Crippen LogP contribution in [-0.2, 0) is 9.59 Å². The molecule has 0 saturated carbocycles. The Balaban J connectivity index is 1.78. The lowest BCUT2D eigenvalue weighted by Gasteiger charge is -2.15. The highest BCUT2D eigenvalue weighted by molar-refractivity contribution is 6.06. The van der Waals surface area contributed by atoms with Crippen molar-refractivity contribution in [2.24, 2.45) is 0 Å². The van der Waals surface area contributed by atoms with E-state index in [0.717, 1.165) is 11.3 Å². The molecule has 1 aliphatic heterocycles. The van der Waals surface area contributed by atoms with E-state index in [1.165, 1.54) is 21.3 Å². The molecule has 2 N–H and O–H groups in total. The number of benzene rings is 2. The molecule has 0 bridgehead atoms. The van der Waals surface area contributed by atoms with Gasteiger partial charge in [0.15, 0.2) is 11.5 Å². The molecule has 0 radical (unpaired) electrons. The Morgan fingerprint density at radius 2 is 1.73 bits per heavy atom. The maximum Gasteiger partial charge on any atom is 0.232 e. The Hall–Kier alpha value is -3.22. The molecule has 0 spiro atoms. The van der Waals surface area contributed by atoms with E-state index in [1.54, 1.807) is 12.1 Å². The third-order valence-corrected chi connectivity index (χ3v) is 4.25. The molecule has 1 heterocycles. The summed E-state index contributed by atoms with van der Waals surface area (Å²) >= 11 is 0. The Labute approximate surface area is 151 Å². The normalized spacial score (nSPS) is 15.0. The number of methoxy groups -OCH3 is 3. The number of amides is 2. The lowest BCUT2D eigenvalue weighted by molar-refractivity contribution is -0.122. The van der Waals surface area contributed by atoms with Gasteiger partial charge in [-0.2, -0.15) is 0 Å². The van der Waals surface area contributed by atoms with Crippen LogP contribution in [0, 0.1) is 0 Å². The van der Waals surface area contributed by atoms with Gasteiger partial charge in [0.1, 0.15) is 0 Å². The van der Waals surface area contributed by atoms with Crippen molar-refractivity contribution in [3.05, 3.63) is 42.0 Å². The summed E-state index contributed by atoms with van der Waals surface area (Å²) in [6.45, 7) is 0. The van der Waals surface area contributed by atoms with Crippen molar-refractivity contribution < 1.29 is 23.8 Å². The number of hydrogen-bond acceptors (Lipinski definition) is 5. The fourth-order valence-corrected chi connectivity index (χ4v) is 3.03. The number of fused-ring (bicyclic) bond motifs is 1. The van der Waals surface area contributed by atoms with E-state index in [4.69, 9.17) is 14.2 Å². The summed E-state index contributed by atoms with van der Waals surface area (Å²) in [6.07, 6.45) is 0.0412. The van der Waals surface area contributed by atoms with Crippen LogP contribution in [0.25, 0.3) is 0 Å². The Kier molecular flexibility index (Phi) is 4.97. The van der Waals surface area contributed by atoms with E-state index in [-0.39, 0.29) is 18.2 Å². The quantitative estimate of drug-likeness (QED) is 0.831. The van der Waals surface area contributed by atoms with Crippen LogP contribution in [0.5, 0.6) is 17.2 Å². The van der Waals surface area contributed by atoms with Gasteiger partial charge in [0.25, 0.3) is 0 Å². The molecule has 7 heteroatoms. The first-order valence-electron chi connectivity index (χ1n) is 8.07. The smallest absolute Gasteiger partial charge is 0.232 e. The fraction of sp³-hybridized carbons (Fsp3) is 0.263. The summed E-state index contributed by atoms with van der Waals surface area (Å²) in [5, 5.41) is 5.58. The van der Waals surface area contributed by atoms with Crippen LogP contribution in [0.3, 0.4) is 0 Å². The molecule has 0 aliphatic carbocycles. The van der Waals surface area contributed by atoms with E-state index in [1.807, 2.05) is 24.3 Å². The van der Waals surface area contributed by atoms with Crippen LogP contribution in [0.1, 0.15) is 17.9 Å². The second kappa shape index (κ2) is 7.35. The monoisotopic (exact) mass is 356 g/mol. The Morgan fingerprint density at radius 1 is 1.08 bits per heavy atom. The summed E-state index contributed by atoms with van der Waals surface area (Å²) in [6, 6.07) is 10.7. The van der Waals surface area contributed by atoms with Crippen molar-refractivity contribution in [1.29, 1.82) is 0 Å². The molecule has 1 unspecified atom stereocenters. The van der Waals surface area contributed by atoms with E-state index in [9.17, 15) is 9.59 Å². The lowest BCUT2D eigenvalue weighted by Crippen LogP contribution is -2.20. The standard InChI is InChI=1S/C19H20N2O5/c1-24-15-8-11(9-16(25-2)18(15)26-3)20-17(22)10-13-12-6-4-5-7-14(12)21-19(13)23/h4-9,13H,10H2,1-3H3,(H,20,22)(H,21,23). The first kappa shape index (κ1) is 17.6. The second-order valence-electron chi connectivity index (χ2n) is 5.80. The molecule has 1 atom stereocenters. The zero-order valence-corrected chi connectivity index (χ0v) is 14.8. The van der Waals surface area contributed by atoms with E-state index in [0.29, 0.717) is 22.9 Å². The summed E-state index contributed by atoms with van der Waals surface area (Å²) < 4.78 is 15.8. The zero-order valence-electron chi connectivity index (χ0n) is 14.8. The molecular formula is C19H20N2O5. The highest BCUT2D eigenvalue weighted by Gasteiger charge is 2.32. The van der Waals surface area contributed by atoms with E-state index in [2.05, 4.69) is 10.6 Å². The predicted octanol–water partition coefficient (Wildman–Crippen LogP) is 2.78. The predicted molar refractivity (Wildman–Crippen MR) is 97.2 cm³/mol. The molecular weight excluding hydrogens is 336 g/mol. The van der Waals surface area contributed by atoms with Crippen LogP contribution < -0.4 is 24.8 Å². The summed E-state index contributed by atoms with van der Waals surface area (Å²) in [7, 11) is 4.51. The van der Waals surface area contributed by atoms with Gasteiger partial charge in [-0.1, -0.05) is 18.2 Å². The minimum atomic E-state index is -0.506. The van der Waals surface area contributed by atoms with Gasteiger partial charge in [0.2, 0.25) is 17.6 Å². The maximum absolute atomic E-state index is 12.5. The van der Waals surface area contributed by atoms with Crippen LogP contribution in [0.15, 0.2) is 36.4 Å². The summed E-state index contributed by atoms with van der Waals surface area (Å²) in [4.78, 5) is 24.6. The van der Waals surface area contributed by atoms with Crippen molar-refractivity contribution in [1.82, 2.24) is 0 Å². The number of hydrogen-bond donors (Lipinski definition) is 2. The Morgan fingerprint density at radius 3 is 2.35 bits per heavy atom. The van der Waals surface area contributed by atoms with E-state index < -0.39 is 5.92 Å². The summed E-state index contributed by atoms with van der Waals surface area (Å²) in [5.41, 5.74) is 2.08. The average Bonchev–Trinajstić information content (AvgIpc) is 2.96. The van der Waals surface area contributed by atoms with Gasteiger partial charge >= 0.3 is 0 Å². The molecule has 136 valence electrons. The molecule has 0 fully saturated rings.